The van der Waals surface area contributed by atoms with Gasteiger partial charge in [-0.2, -0.15) is 0 Å². The van der Waals surface area contributed by atoms with Crippen molar-refractivity contribution in [3.8, 4) is 17.2 Å². The molecule has 9 heteroatoms. The molecule has 4 N–H and O–H groups in total. The molecular weight excluding hydrogens is 410 g/mol. The molecule has 2 amide bonds. The molecule has 1 atom stereocenters. The summed E-state index contributed by atoms with van der Waals surface area (Å²) in [5.74, 6) is 1.92. The van der Waals surface area contributed by atoms with Gasteiger partial charge in [-0.05, 0) is 48.7 Å². The van der Waals surface area contributed by atoms with Gasteiger partial charge in [-0.1, -0.05) is 0 Å². The van der Waals surface area contributed by atoms with E-state index in [4.69, 9.17) is 15.2 Å². The Balaban J connectivity index is 1.32. The summed E-state index contributed by atoms with van der Waals surface area (Å²) in [7, 11) is 0. The van der Waals surface area contributed by atoms with Crippen LogP contribution in [0.15, 0.2) is 48.9 Å². The molecule has 4 heterocycles. The third-order valence-corrected chi connectivity index (χ3v) is 5.52. The molecule has 1 aromatic carbocycles. The summed E-state index contributed by atoms with van der Waals surface area (Å²) in [4.78, 5) is 32.6. The van der Waals surface area contributed by atoms with Gasteiger partial charge in [0.25, 0.3) is 0 Å². The molecule has 32 heavy (non-hydrogen) atoms. The smallest absolute Gasteiger partial charge is 0.231 e. The summed E-state index contributed by atoms with van der Waals surface area (Å²) in [6, 6.07) is 8.95. The van der Waals surface area contributed by atoms with Crippen LogP contribution in [0.4, 0.5) is 17.2 Å². The summed E-state index contributed by atoms with van der Waals surface area (Å²) in [6.45, 7) is 0.275. The van der Waals surface area contributed by atoms with Gasteiger partial charge >= 0.3 is 0 Å². The second-order valence-corrected chi connectivity index (χ2v) is 7.72. The molecule has 2 aliphatic heterocycles. The molecule has 2 aromatic heterocycles. The number of pyridine rings is 2. The van der Waals surface area contributed by atoms with Crippen molar-refractivity contribution >= 4 is 29.0 Å². The number of nitrogens with one attached hydrogen (secondary N) is 2. The first-order chi connectivity index (χ1) is 15.6. The molecule has 1 unspecified atom stereocenters. The molecule has 0 radical (unpaired) electrons. The molecule has 3 aromatic rings. The lowest BCUT2D eigenvalue weighted by atomic mass is 9.95. The number of hydrogen-bond acceptors (Lipinski definition) is 7. The number of carbonyl (C=O) groups excluding carboxylic acids is 2. The van der Waals surface area contributed by atoms with Crippen LogP contribution in [0, 0.1) is 5.92 Å². The van der Waals surface area contributed by atoms with Crippen LogP contribution in [0.3, 0.4) is 0 Å². The number of nitrogens with zero attached hydrogens (tertiary/aromatic N) is 2. The average Bonchev–Trinajstić information content (AvgIpc) is 2.80. The van der Waals surface area contributed by atoms with Crippen molar-refractivity contribution in [3.63, 3.8) is 0 Å². The highest BCUT2D eigenvalue weighted by atomic mass is 16.5. The molecular formula is C23H21N5O4. The van der Waals surface area contributed by atoms with E-state index in [0.717, 1.165) is 16.9 Å². The van der Waals surface area contributed by atoms with E-state index in [1.54, 1.807) is 24.5 Å². The minimum atomic E-state index is -0.374. The first kappa shape index (κ1) is 19.8. The molecule has 2 aliphatic rings. The highest BCUT2D eigenvalue weighted by molar-refractivity contribution is 5.95. The van der Waals surface area contributed by atoms with Crippen LogP contribution in [-0.4, -0.2) is 28.4 Å². The number of aromatic nitrogens is 2. The van der Waals surface area contributed by atoms with Crippen molar-refractivity contribution in [1.82, 2.24) is 9.97 Å². The van der Waals surface area contributed by atoms with Crippen LogP contribution in [-0.2, 0) is 22.4 Å². The van der Waals surface area contributed by atoms with Gasteiger partial charge in [0.1, 0.15) is 29.7 Å². The first-order valence-electron chi connectivity index (χ1n) is 10.3. The summed E-state index contributed by atoms with van der Waals surface area (Å²) in [5, 5.41) is 5.59. The molecule has 0 fully saturated rings. The standard InChI is InChI=1S/C23H21N5O4/c24-17-5-7-25-11-18(17)27-23(30)14-9-13-10-15(1-3-19(13)31-12-14)32-20-6-8-26-22-16(20)2-4-21(29)28-22/h1,3,5-8,10-11,14H,2,4,9,12H2,(H2,24,25)(H,27,30)(H,26,28,29). The van der Waals surface area contributed by atoms with Crippen LogP contribution in [0.5, 0.6) is 17.2 Å². The van der Waals surface area contributed by atoms with Crippen molar-refractivity contribution < 1.29 is 19.1 Å². The second kappa shape index (κ2) is 8.18. The highest BCUT2D eigenvalue weighted by Crippen LogP contribution is 2.36. The second-order valence-electron chi connectivity index (χ2n) is 7.72. The molecule has 0 aliphatic carbocycles. The lowest BCUT2D eigenvalue weighted by molar-refractivity contribution is -0.121. The number of ether oxygens (including phenoxy) is 2. The molecule has 0 saturated carbocycles. The van der Waals surface area contributed by atoms with Gasteiger partial charge in [-0.15, -0.1) is 0 Å². The summed E-state index contributed by atoms with van der Waals surface area (Å²) in [5.41, 5.74) is 8.58. The van der Waals surface area contributed by atoms with Crippen molar-refractivity contribution in [3.05, 3.63) is 60.0 Å². The molecule has 0 bridgehead atoms. The predicted molar refractivity (Wildman–Crippen MR) is 118 cm³/mol. The van der Waals surface area contributed by atoms with E-state index in [-0.39, 0.29) is 24.3 Å². The summed E-state index contributed by atoms with van der Waals surface area (Å²) < 4.78 is 11.9. The Bertz CT molecular complexity index is 1210. The largest absolute Gasteiger partial charge is 0.492 e. The molecule has 0 spiro atoms. The zero-order valence-electron chi connectivity index (χ0n) is 17.1. The Hall–Kier alpha value is -4.14. The number of anilines is 3. The quantitative estimate of drug-likeness (QED) is 0.579. The maximum absolute atomic E-state index is 12.7. The van der Waals surface area contributed by atoms with Crippen LogP contribution in [0.2, 0.25) is 0 Å². The molecule has 162 valence electrons. The van der Waals surface area contributed by atoms with Crippen molar-refractivity contribution in [1.29, 1.82) is 0 Å². The minimum Gasteiger partial charge on any atom is -0.492 e. The van der Waals surface area contributed by atoms with Gasteiger partial charge in [-0.25, -0.2) is 4.98 Å². The average molecular weight is 431 g/mol. The van der Waals surface area contributed by atoms with Crippen LogP contribution >= 0.6 is 0 Å². The lowest BCUT2D eigenvalue weighted by Gasteiger charge is -2.25. The Morgan fingerprint density at radius 3 is 3.00 bits per heavy atom. The summed E-state index contributed by atoms with van der Waals surface area (Å²) >= 11 is 0. The normalized spacial score (nSPS) is 16.8. The van der Waals surface area contributed by atoms with Crippen LogP contribution < -0.4 is 25.8 Å². The number of fused-ring (bicyclic) bond motifs is 2. The zero-order chi connectivity index (χ0) is 22.1. The summed E-state index contributed by atoms with van der Waals surface area (Å²) in [6.07, 6.45) is 6.16. The van der Waals surface area contributed by atoms with Gasteiger partial charge in [0.2, 0.25) is 11.8 Å². The molecule has 5 rings (SSSR count). The number of benzene rings is 1. The zero-order valence-corrected chi connectivity index (χ0v) is 17.1. The van der Waals surface area contributed by atoms with Crippen LogP contribution in [0.1, 0.15) is 17.5 Å². The van der Waals surface area contributed by atoms with Crippen molar-refractivity contribution in [2.24, 2.45) is 5.92 Å². The number of nitrogens with two attached hydrogens (primary N) is 1. The highest BCUT2D eigenvalue weighted by Gasteiger charge is 2.27. The fourth-order valence-electron chi connectivity index (χ4n) is 3.83. The van der Waals surface area contributed by atoms with Gasteiger partial charge in [0.15, 0.2) is 0 Å². The van der Waals surface area contributed by atoms with E-state index >= 15 is 0 Å². The van der Waals surface area contributed by atoms with Gasteiger partial charge in [0, 0.05) is 24.4 Å². The predicted octanol–water partition coefficient (Wildman–Crippen LogP) is 2.93. The fraction of sp³-hybridized carbons (Fsp3) is 0.217. The third-order valence-electron chi connectivity index (χ3n) is 5.52. The first-order valence-corrected chi connectivity index (χ1v) is 10.3. The number of carbonyl (C=O) groups is 2. The minimum absolute atomic E-state index is 0.0505. The fourth-order valence-corrected chi connectivity index (χ4v) is 3.83. The number of nitrogen functional groups attached to an aromatic ring is 1. The van der Waals surface area contributed by atoms with Gasteiger partial charge in [0.05, 0.1) is 23.5 Å². The topological polar surface area (TPSA) is 128 Å². The van der Waals surface area contributed by atoms with Crippen molar-refractivity contribution in [2.75, 3.05) is 23.0 Å². The Labute approximate surface area is 184 Å². The van der Waals surface area contributed by atoms with Crippen molar-refractivity contribution in [2.45, 2.75) is 19.3 Å². The Morgan fingerprint density at radius 1 is 1.22 bits per heavy atom. The number of rotatable bonds is 4. The Morgan fingerprint density at radius 2 is 2.12 bits per heavy atom. The van der Waals surface area contributed by atoms with E-state index in [1.807, 2.05) is 18.2 Å². The van der Waals surface area contributed by atoms with Gasteiger partial charge in [-0.3, -0.25) is 14.6 Å². The SMILES string of the molecule is Nc1ccncc1NC(=O)C1COc2ccc(Oc3ccnc4c3CCC(=O)N4)cc2C1. The van der Waals surface area contributed by atoms with E-state index in [0.29, 0.717) is 48.0 Å². The van der Waals surface area contributed by atoms with Gasteiger partial charge < -0.3 is 25.8 Å². The van der Waals surface area contributed by atoms with E-state index in [2.05, 4.69) is 20.6 Å². The third kappa shape index (κ3) is 3.92. The molecule has 9 nitrogen and oxygen atoms in total. The number of hydrogen-bond donors (Lipinski definition) is 3. The molecule has 0 saturated heterocycles. The monoisotopic (exact) mass is 431 g/mol. The maximum atomic E-state index is 12.7. The van der Waals surface area contributed by atoms with E-state index in [9.17, 15) is 9.59 Å². The Kier molecular flexibility index (Phi) is 5.06. The van der Waals surface area contributed by atoms with E-state index in [1.165, 1.54) is 6.20 Å². The van der Waals surface area contributed by atoms with Crippen LogP contribution in [0.25, 0.3) is 0 Å². The number of amides is 2. The van der Waals surface area contributed by atoms with E-state index < -0.39 is 0 Å². The maximum Gasteiger partial charge on any atom is 0.231 e. The lowest BCUT2D eigenvalue weighted by Crippen LogP contribution is -2.32.